The SMILES string of the molecule is COc1ccc(S(=O)(=O)N(C)CC(=O)Nc2cccc(SC)c2)cc1. The predicted molar refractivity (Wildman–Crippen MR) is 99.7 cm³/mol. The lowest BCUT2D eigenvalue weighted by molar-refractivity contribution is -0.116. The summed E-state index contributed by atoms with van der Waals surface area (Å²) in [7, 11) is -0.873. The van der Waals surface area contributed by atoms with Gasteiger partial charge in [0.2, 0.25) is 15.9 Å². The molecule has 0 fully saturated rings. The van der Waals surface area contributed by atoms with Gasteiger partial charge in [-0.15, -0.1) is 11.8 Å². The van der Waals surface area contributed by atoms with Gasteiger partial charge in [-0.3, -0.25) is 4.79 Å². The third-order valence-electron chi connectivity index (χ3n) is 3.49. The number of hydrogen-bond acceptors (Lipinski definition) is 5. The van der Waals surface area contributed by atoms with E-state index in [-0.39, 0.29) is 11.4 Å². The van der Waals surface area contributed by atoms with E-state index < -0.39 is 15.9 Å². The zero-order chi connectivity index (χ0) is 18.4. The standard InChI is InChI=1S/C17H20N2O4S2/c1-19(25(21,22)16-9-7-14(23-2)8-10-16)12-17(20)18-13-5-4-6-15(11-13)24-3/h4-11H,12H2,1-3H3,(H,18,20). The lowest BCUT2D eigenvalue weighted by Crippen LogP contribution is -2.34. The van der Waals surface area contributed by atoms with Crippen LogP contribution in [0.2, 0.25) is 0 Å². The van der Waals surface area contributed by atoms with E-state index in [1.165, 1.54) is 26.3 Å². The third kappa shape index (κ3) is 4.97. The number of likely N-dealkylation sites (N-methyl/N-ethyl adjacent to an activating group) is 1. The average molecular weight is 380 g/mol. The normalized spacial score (nSPS) is 11.4. The molecule has 1 N–H and O–H groups in total. The van der Waals surface area contributed by atoms with Gasteiger partial charge in [0.25, 0.3) is 0 Å². The molecule has 25 heavy (non-hydrogen) atoms. The number of benzene rings is 2. The van der Waals surface area contributed by atoms with E-state index in [9.17, 15) is 13.2 Å². The van der Waals surface area contributed by atoms with Crippen LogP contribution in [0, 0.1) is 0 Å². The Bertz CT molecular complexity index is 836. The van der Waals surface area contributed by atoms with Gasteiger partial charge in [0.15, 0.2) is 0 Å². The molecule has 1 amide bonds. The number of methoxy groups -OCH3 is 1. The number of sulfonamides is 1. The van der Waals surface area contributed by atoms with E-state index in [2.05, 4.69) is 5.32 Å². The smallest absolute Gasteiger partial charge is 0.243 e. The quantitative estimate of drug-likeness (QED) is 0.748. The van der Waals surface area contributed by atoms with Crippen LogP contribution < -0.4 is 10.1 Å². The van der Waals surface area contributed by atoms with Crippen LogP contribution in [0.1, 0.15) is 0 Å². The van der Waals surface area contributed by atoms with E-state index in [4.69, 9.17) is 4.74 Å². The van der Waals surface area contributed by atoms with E-state index in [1.54, 1.807) is 30.0 Å². The van der Waals surface area contributed by atoms with Crippen molar-refractivity contribution in [2.24, 2.45) is 0 Å². The summed E-state index contributed by atoms with van der Waals surface area (Å²) in [6.07, 6.45) is 1.94. The van der Waals surface area contributed by atoms with Gasteiger partial charge in [0.1, 0.15) is 5.75 Å². The number of nitrogens with zero attached hydrogens (tertiary/aromatic N) is 1. The predicted octanol–water partition coefficient (Wildman–Crippen LogP) is 2.68. The summed E-state index contributed by atoms with van der Waals surface area (Å²) >= 11 is 1.56. The van der Waals surface area contributed by atoms with Gasteiger partial charge < -0.3 is 10.1 Å². The Morgan fingerprint density at radius 1 is 1.20 bits per heavy atom. The molecule has 2 aromatic rings. The second kappa shape index (κ2) is 8.37. The Hall–Kier alpha value is -2.03. The fraction of sp³-hybridized carbons (Fsp3) is 0.235. The molecule has 0 saturated heterocycles. The fourth-order valence-corrected chi connectivity index (χ4v) is 3.70. The van der Waals surface area contributed by atoms with Gasteiger partial charge >= 0.3 is 0 Å². The van der Waals surface area contributed by atoms with Crippen molar-refractivity contribution >= 4 is 33.4 Å². The lowest BCUT2D eigenvalue weighted by atomic mass is 10.3. The molecule has 2 rings (SSSR count). The Balaban J connectivity index is 2.05. The van der Waals surface area contributed by atoms with Gasteiger partial charge in [0.05, 0.1) is 18.6 Å². The van der Waals surface area contributed by atoms with Crippen molar-refractivity contribution in [3.63, 3.8) is 0 Å². The van der Waals surface area contributed by atoms with Crippen LogP contribution >= 0.6 is 11.8 Å². The van der Waals surface area contributed by atoms with E-state index in [0.29, 0.717) is 11.4 Å². The molecule has 0 aliphatic carbocycles. The molecule has 8 heteroatoms. The van der Waals surface area contributed by atoms with Crippen molar-refractivity contribution in [1.29, 1.82) is 0 Å². The zero-order valence-electron chi connectivity index (χ0n) is 14.2. The van der Waals surface area contributed by atoms with Crippen molar-refractivity contribution in [3.05, 3.63) is 48.5 Å². The fourth-order valence-electron chi connectivity index (χ4n) is 2.12. The monoisotopic (exact) mass is 380 g/mol. The summed E-state index contributed by atoms with van der Waals surface area (Å²) in [5, 5.41) is 2.71. The highest BCUT2D eigenvalue weighted by molar-refractivity contribution is 7.98. The maximum Gasteiger partial charge on any atom is 0.243 e. The summed E-state index contributed by atoms with van der Waals surface area (Å²) in [6, 6.07) is 13.4. The first-order valence-electron chi connectivity index (χ1n) is 7.41. The van der Waals surface area contributed by atoms with Crippen LogP contribution in [0.15, 0.2) is 58.3 Å². The Morgan fingerprint density at radius 3 is 2.48 bits per heavy atom. The number of thioether (sulfide) groups is 1. The topological polar surface area (TPSA) is 75.7 Å². The highest BCUT2D eigenvalue weighted by atomic mass is 32.2. The second-order valence-electron chi connectivity index (χ2n) is 5.22. The van der Waals surface area contributed by atoms with Crippen LogP contribution in [0.5, 0.6) is 5.75 Å². The molecule has 0 saturated carbocycles. The van der Waals surface area contributed by atoms with Gasteiger partial charge in [-0.05, 0) is 48.7 Å². The molecule has 0 aliphatic heterocycles. The van der Waals surface area contributed by atoms with Crippen LogP contribution in [-0.2, 0) is 14.8 Å². The van der Waals surface area contributed by atoms with Crippen molar-refractivity contribution in [2.75, 3.05) is 32.3 Å². The molecule has 0 unspecified atom stereocenters. The molecule has 0 atom stereocenters. The minimum atomic E-state index is -3.75. The second-order valence-corrected chi connectivity index (χ2v) is 8.14. The largest absolute Gasteiger partial charge is 0.497 e. The van der Waals surface area contributed by atoms with Gasteiger partial charge in [-0.2, -0.15) is 4.31 Å². The highest BCUT2D eigenvalue weighted by Gasteiger charge is 2.23. The molecular weight excluding hydrogens is 360 g/mol. The summed E-state index contributed by atoms with van der Waals surface area (Å²) in [5.41, 5.74) is 0.632. The van der Waals surface area contributed by atoms with Gasteiger partial charge in [-0.1, -0.05) is 6.07 Å². The molecule has 2 aromatic carbocycles. The summed E-state index contributed by atoms with van der Waals surface area (Å²) in [6.45, 7) is -0.280. The Labute approximate surface area is 152 Å². The number of hydrogen-bond donors (Lipinski definition) is 1. The first-order chi connectivity index (χ1) is 11.9. The van der Waals surface area contributed by atoms with Gasteiger partial charge in [-0.25, -0.2) is 8.42 Å². The van der Waals surface area contributed by atoms with Crippen molar-refractivity contribution in [3.8, 4) is 5.75 Å². The third-order valence-corrected chi connectivity index (χ3v) is 6.03. The molecule has 0 aromatic heterocycles. The Kier molecular flexibility index (Phi) is 6.46. The molecule has 134 valence electrons. The van der Waals surface area contributed by atoms with Gasteiger partial charge in [0, 0.05) is 17.6 Å². The molecule has 0 spiro atoms. The van der Waals surface area contributed by atoms with E-state index in [0.717, 1.165) is 9.20 Å². The van der Waals surface area contributed by atoms with Crippen molar-refractivity contribution < 1.29 is 17.9 Å². The summed E-state index contributed by atoms with van der Waals surface area (Å²) in [4.78, 5) is 13.3. The lowest BCUT2D eigenvalue weighted by Gasteiger charge is -2.17. The molecular formula is C17H20N2O4S2. The van der Waals surface area contributed by atoms with Crippen LogP contribution in [0.25, 0.3) is 0 Å². The number of rotatable bonds is 7. The Morgan fingerprint density at radius 2 is 1.88 bits per heavy atom. The zero-order valence-corrected chi connectivity index (χ0v) is 15.9. The van der Waals surface area contributed by atoms with Crippen LogP contribution in [-0.4, -0.2) is 45.6 Å². The summed E-state index contributed by atoms with van der Waals surface area (Å²) < 4.78 is 31.1. The summed E-state index contributed by atoms with van der Waals surface area (Å²) in [5.74, 6) is 0.158. The minimum absolute atomic E-state index is 0.105. The molecule has 0 aliphatic rings. The highest BCUT2D eigenvalue weighted by Crippen LogP contribution is 2.20. The number of amides is 1. The molecule has 0 radical (unpaired) electrons. The average Bonchev–Trinajstić information content (AvgIpc) is 2.61. The first kappa shape index (κ1) is 19.3. The number of nitrogens with one attached hydrogen (secondary N) is 1. The van der Waals surface area contributed by atoms with Crippen molar-refractivity contribution in [2.45, 2.75) is 9.79 Å². The molecule has 0 bridgehead atoms. The number of carbonyl (C=O) groups is 1. The van der Waals surface area contributed by atoms with Crippen LogP contribution in [0.4, 0.5) is 5.69 Å². The maximum absolute atomic E-state index is 12.5. The van der Waals surface area contributed by atoms with E-state index >= 15 is 0 Å². The molecule has 6 nitrogen and oxygen atoms in total. The number of anilines is 1. The first-order valence-corrected chi connectivity index (χ1v) is 10.1. The number of ether oxygens (including phenoxy) is 1. The number of carbonyl (C=O) groups excluding carboxylic acids is 1. The van der Waals surface area contributed by atoms with E-state index in [1.807, 2.05) is 24.5 Å². The van der Waals surface area contributed by atoms with Crippen molar-refractivity contribution in [1.82, 2.24) is 4.31 Å². The maximum atomic E-state index is 12.5. The molecule has 0 heterocycles. The van der Waals surface area contributed by atoms with Crippen LogP contribution in [0.3, 0.4) is 0 Å². The minimum Gasteiger partial charge on any atom is -0.497 e.